The van der Waals surface area contributed by atoms with Crippen molar-refractivity contribution in [2.45, 2.75) is 33.1 Å². The smallest absolute Gasteiger partial charge is 0.139 e. The zero-order chi connectivity index (χ0) is 16.9. The molecule has 24 heavy (non-hydrogen) atoms. The van der Waals surface area contributed by atoms with Crippen LogP contribution in [0.3, 0.4) is 0 Å². The van der Waals surface area contributed by atoms with Crippen molar-refractivity contribution < 1.29 is 4.74 Å². The van der Waals surface area contributed by atoms with E-state index in [1.54, 1.807) is 18.4 Å². The molecule has 0 aliphatic carbocycles. The largest absolute Gasteiger partial charge is 0.497 e. The Bertz CT molecular complexity index is 811. The molecule has 0 fully saturated rings. The minimum Gasteiger partial charge on any atom is -0.497 e. The molecule has 5 heteroatoms. The summed E-state index contributed by atoms with van der Waals surface area (Å²) in [6, 6.07) is 8.15. The van der Waals surface area contributed by atoms with Crippen LogP contribution in [0.2, 0.25) is 0 Å². The van der Waals surface area contributed by atoms with Crippen molar-refractivity contribution in [2.75, 3.05) is 19.0 Å². The predicted molar refractivity (Wildman–Crippen MR) is 102 cm³/mol. The van der Waals surface area contributed by atoms with Gasteiger partial charge in [0.2, 0.25) is 0 Å². The van der Waals surface area contributed by atoms with E-state index in [2.05, 4.69) is 39.7 Å². The van der Waals surface area contributed by atoms with Crippen molar-refractivity contribution >= 4 is 27.4 Å². The summed E-state index contributed by atoms with van der Waals surface area (Å²) in [5.74, 6) is 2.62. The number of aryl methyl sites for hydroxylation is 1. The monoisotopic (exact) mass is 341 g/mol. The van der Waals surface area contributed by atoms with Crippen LogP contribution in [-0.4, -0.2) is 23.6 Å². The molecule has 3 rings (SSSR count). The van der Waals surface area contributed by atoms with E-state index >= 15 is 0 Å². The lowest BCUT2D eigenvalue weighted by atomic mass is 10.1. The molecule has 0 radical (unpaired) electrons. The average molecular weight is 341 g/mol. The van der Waals surface area contributed by atoms with E-state index in [-0.39, 0.29) is 0 Å². The first kappa shape index (κ1) is 16.7. The molecule has 2 aromatic heterocycles. The molecular formula is C19H23N3OS. The SMILES string of the molecule is CCCCCNc1nc(C)nc2scc(-c3ccc(OC)cc3)c12. The lowest BCUT2D eigenvalue weighted by molar-refractivity contribution is 0.415. The maximum Gasteiger partial charge on any atom is 0.139 e. The molecule has 1 aromatic carbocycles. The summed E-state index contributed by atoms with van der Waals surface area (Å²) in [5.41, 5.74) is 2.33. The molecule has 0 saturated carbocycles. The number of nitrogens with one attached hydrogen (secondary N) is 1. The highest BCUT2D eigenvalue weighted by molar-refractivity contribution is 7.17. The van der Waals surface area contributed by atoms with E-state index in [9.17, 15) is 0 Å². The third-order valence-electron chi connectivity index (χ3n) is 4.02. The van der Waals surface area contributed by atoms with Crippen molar-refractivity contribution in [1.82, 2.24) is 9.97 Å². The minimum absolute atomic E-state index is 0.809. The van der Waals surface area contributed by atoms with Crippen LogP contribution in [-0.2, 0) is 0 Å². The lowest BCUT2D eigenvalue weighted by Gasteiger charge is -2.09. The Hall–Kier alpha value is -2.14. The quantitative estimate of drug-likeness (QED) is 0.594. The van der Waals surface area contributed by atoms with Crippen molar-refractivity contribution in [2.24, 2.45) is 0 Å². The van der Waals surface area contributed by atoms with Crippen molar-refractivity contribution in [3.05, 3.63) is 35.5 Å². The number of aromatic nitrogens is 2. The molecule has 4 nitrogen and oxygen atoms in total. The average Bonchev–Trinajstić information content (AvgIpc) is 3.02. The standard InChI is InChI=1S/C19H23N3OS/c1-4-5-6-11-20-18-17-16(12-24-19(17)22-13(2)21-18)14-7-9-15(23-3)10-8-14/h7-10,12H,4-6,11H2,1-3H3,(H,20,21,22). The fraction of sp³-hybridized carbons (Fsp3) is 0.368. The van der Waals surface area contributed by atoms with Crippen LogP contribution < -0.4 is 10.1 Å². The lowest BCUT2D eigenvalue weighted by Crippen LogP contribution is -2.05. The number of benzene rings is 1. The summed E-state index contributed by atoms with van der Waals surface area (Å²) in [5, 5.41) is 6.80. The normalized spacial score (nSPS) is 11.0. The Morgan fingerprint density at radius 2 is 1.92 bits per heavy atom. The predicted octanol–water partition coefficient (Wildman–Crippen LogP) is 5.28. The maximum absolute atomic E-state index is 5.26. The third-order valence-corrected chi connectivity index (χ3v) is 4.89. The number of nitrogens with zero attached hydrogens (tertiary/aromatic N) is 2. The maximum atomic E-state index is 5.26. The highest BCUT2D eigenvalue weighted by Gasteiger charge is 2.14. The van der Waals surface area contributed by atoms with Gasteiger partial charge in [0, 0.05) is 17.5 Å². The first-order chi connectivity index (χ1) is 11.7. The zero-order valence-electron chi connectivity index (χ0n) is 14.4. The number of unbranched alkanes of at least 4 members (excludes halogenated alkanes) is 2. The van der Waals surface area contributed by atoms with E-state index in [0.29, 0.717) is 0 Å². The van der Waals surface area contributed by atoms with E-state index in [1.807, 2.05) is 19.1 Å². The Kier molecular flexibility index (Phi) is 5.30. The van der Waals surface area contributed by atoms with E-state index < -0.39 is 0 Å². The van der Waals surface area contributed by atoms with Gasteiger partial charge in [0.05, 0.1) is 12.5 Å². The zero-order valence-corrected chi connectivity index (χ0v) is 15.2. The van der Waals surface area contributed by atoms with E-state index in [4.69, 9.17) is 4.74 Å². The molecule has 0 spiro atoms. The van der Waals surface area contributed by atoms with E-state index in [1.165, 1.54) is 18.4 Å². The van der Waals surface area contributed by atoms with Crippen LogP contribution in [0.15, 0.2) is 29.6 Å². The number of fused-ring (bicyclic) bond motifs is 1. The van der Waals surface area contributed by atoms with E-state index in [0.717, 1.165) is 46.1 Å². The Morgan fingerprint density at radius 3 is 2.62 bits per heavy atom. The van der Waals surface area contributed by atoms with Gasteiger partial charge in [-0.05, 0) is 31.0 Å². The highest BCUT2D eigenvalue weighted by atomic mass is 32.1. The van der Waals surface area contributed by atoms with Gasteiger partial charge in [-0.25, -0.2) is 9.97 Å². The third kappa shape index (κ3) is 3.51. The molecule has 2 heterocycles. The van der Waals surface area contributed by atoms with Gasteiger partial charge in [0.25, 0.3) is 0 Å². The summed E-state index contributed by atoms with van der Waals surface area (Å²) in [6.45, 7) is 5.11. The Morgan fingerprint density at radius 1 is 1.12 bits per heavy atom. The van der Waals surface area contributed by atoms with Gasteiger partial charge in [-0.2, -0.15) is 0 Å². The van der Waals surface area contributed by atoms with Gasteiger partial charge in [-0.3, -0.25) is 0 Å². The van der Waals surface area contributed by atoms with Gasteiger partial charge in [0.1, 0.15) is 22.2 Å². The van der Waals surface area contributed by atoms with Crippen LogP contribution in [0.4, 0.5) is 5.82 Å². The minimum atomic E-state index is 0.809. The highest BCUT2D eigenvalue weighted by Crippen LogP contribution is 2.37. The summed E-state index contributed by atoms with van der Waals surface area (Å²) in [6.07, 6.45) is 3.60. The summed E-state index contributed by atoms with van der Waals surface area (Å²) in [4.78, 5) is 10.3. The van der Waals surface area contributed by atoms with Gasteiger partial charge in [-0.15, -0.1) is 11.3 Å². The molecule has 0 amide bonds. The summed E-state index contributed by atoms with van der Waals surface area (Å²) in [7, 11) is 1.68. The molecule has 0 aliphatic rings. The number of ether oxygens (including phenoxy) is 1. The van der Waals surface area contributed by atoms with Gasteiger partial charge in [-0.1, -0.05) is 31.9 Å². The molecular weight excluding hydrogens is 318 g/mol. The summed E-state index contributed by atoms with van der Waals surface area (Å²) >= 11 is 1.67. The van der Waals surface area contributed by atoms with Crippen molar-refractivity contribution in [1.29, 1.82) is 0 Å². The number of hydrogen-bond acceptors (Lipinski definition) is 5. The van der Waals surface area contributed by atoms with Gasteiger partial charge >= 0.3 is 0 Å². The fourth-order valence-electron chi connectivity index (χ4n) is 2.74. The van der Waals surface area contributed by atoms with Crippen LogP contribution in [0.5, 0.6) is 5.75 Å². The molecule has 3 aromatic rings. The second kappa shape index (κ2) is 7.62. The first-order valence-electron chi connectivity index (χ1n) is 8.37. The van der Waals surface area contributed by atoms with Crippen LogP contribution in [0, 0.1) is 6.92 Å². The van der Waals surface area contributed by atoms with Crippen LogP contribution in [0.25, 0.3) is 21.3 Å². The second-order valence-corrected chi connectivity index (χ2v) is 6.67. The molecule has 126 valence electrons. The Balaban J connectivity index is 1.98. The van der Waals surface area contributed by atoms with Crippen molar-refractivity contribution in [3.63, 3.8) is 0 Å². The number of thiophene rings is 1. The number of methoxy groups -OCH3 is 1. The number of anilines is 1. The summed E-state index contributed by atoms with van der Waals surface area (Å²) < 4.78 is 5.26. The topological polar surface area (TPSA) is 47.0 Å². The van der Waals surface area contributed by atoms with Crippen LogP contribution >= 0.6 is 11.3 Å². The van der Waals surface area contributed by atoms with Gasteiger partial charge in [0.15, 0.2) is 0 Å². The van der Waals surface area contributed by atoms with Gasteiger partial charge < -0.3 is 10.1 Å². The van der Waals surface area contributed by atoms with Crippen molar-refractivity contribution in [3.8, 4) is 16.9 Å². The molecule has 1 N–H and O–H groups in total. The Labute approximate surface area is 146 Å². The van der Waals surface area contributed by atoms with Crippen LogP contribution in [0.1, 0.15) is 32.0 Å². The fourth-order valence-corrected chi connectivity index (χ4v) is 3.73. The molecule has 0 bridgehead atoms. The molecule has 0 unspecified atom stereocenters. The first-order valence-corrected chi connectivity index (χ1v) is 9.25. The molecule has 0 saturated heterocycles. The molecule has 0 aliphatic heterocycles. The second-order valence-electron chi connectivity index (χ2n) is 5.81. The number of hydrogen-bond donors (Lipinski definition) is 1. The molecule has 0 atom stereocenters. The number of rotatable bonds is 7.